The summed E-state index contributed by atoms with van der Waals surface area (Å²) in [7, 11) is -3.59. The summed E-state index contributed by atoms with van der Waals surface area (Å²) >= 11 is 1.22. The number of sulfonamides is 1. The van der Waals surface area contributed by atoms with Crippen LogP contribution in [0.25, 0.3) is 0 Å². The maximum Gasteiger partial charge on any atom is 0.307 e. The molecule has 0 spiro atoms. The molecular formula is C12H19NO4S2. The van der Waals surface area contributed by atoms with E-state index in [0.29, 0.717) is 12.8 Å². The summed E-state index contributed by atoms with van der Waals surface area (Å²) < 4.78 is 26.6. The molecule has 7 heteroatoms. The Morgan fingerprint density at radius 1 is 1.42 bits per heavy atom. The first-order valence-electron chi connectivity index (χ1n) is 6.21. The van der Waals surface area contributed by atoms with Gasteiger partial charge in [0.25, 0.3) is 0 Å². The van der Waals surface area contributed by atoms with E-state index in [2.05, 4.69) is 4.72 Å². The Labute approximate surface area is 117 Å². The number of aryl methyl sites for hydroxylation is 1. The van der Waals surface area contributed by atoms with E-state index in [-0.39, 0.29) is 10.8 Å². The van der Waals surface area contributed by atoms with Gasteiger partial charge in [0.05, 0.1) is 5.92 Å². The quantitative estimate of drug-likeness (QED) is 0.770. The minimum Gasteiger partial charge on any atom is -0.481 e. The molecule has 1 unspecified atom stereocenters. The van der Waals surface area contributed by atoms with Gasteiger partial charge in [-0.05, 0) is 25.0 Å². The zero-order chi connectivity index (χ0) is 14.5. The second-order valence-electron chi connectivity index (χ2n) is 4.25. The van der Waals surface area contributed by atoms with E-state index in [4.69, 9.17) is 5.11 Å². The highest BCUT2D eigenvalue weighted by atomic mass is 32.2. The van der Waals surface area contributed by atoms with Gasteiger partial charge in [-0.25, -0.2) is 13.1 Å². The lowest BCUT2D eigenvalue weighted by Crippen LogP contribution is -2.32. The summed E-state index contributed by atoms with van der Waals surface area (Å²) in [5.74, 6) is -1.64. The van der Waals surface area contributed by atoms with E-state index in [1.165, 1.54) is 11.3 Å². The van der Waals surface area contributed by atoms with Crippen LogP contribution in [-0.4, -0.2) is 26.0 Å². The third kappa shape index (κ3) is 4.59. The first-order chi connectivity index (χ1) is 8.90. The zero-order valence-electron chi connectivity index (χ0n) is 11.0. The molecule has 19 heavy (non-hydrogen) atoms. The van der Waals surface area contributed by atoms with Gasteiger partial charge >= 0.3 is 5.97 Å². The minimum atomic E-state index is -3.59. The lowest BCUT2D eigenvalue weighted by Gasteiger charge is -2.11. The third-order valence-electron chi connectivity index (χ3n) is 2.76. The van der Waals surface area contributed by atoms with Crippen LogP contribution in [0.3, 0.4) is 0 Å². The molecule has 0 aliphatic rings. The van der Waals surface area contributed by atoms with Crippen LogP contribution in [0.2, 0.25) is 0 Å². The van der Waals surface area contributed by atoms with Gasteiger partial charge in [0, 0.05) is 11.4 Å². The van der Waals surface area contributed by atoms with Crippen LogP contribution in [0, 0.1) is 5.92 Å². The minimum absolute atomic E-state index is 0.0646. The fraction of sp³-hybridized carbons (Fsp3) is 0.583. The Morgan fingerprint density at radius 3 is 2.58 bits per heavy atom. The Hall–Kier alpha value is -0.920. The lowest BCUT2D eigenvalue weighted by molar-refractivity contribution is -0.141. The molecule has 0 fully saturated rings. The molecule has 0 aliphatic carbocycles. The van der Waals surface area contributed by atoms with Gasteiger partial charge in [-0.15, -0.1) is 11.3 Å². The normalized spacial score (nSPS) is 13.4. The average Bonchev–Trinajstić information content (AvgIpc) is 2.83. The van der Waals surface area contributed by atoms with Crippen molar-refractivity contribution < 1.29 is 18.3 Å². The maximum atomic E-state index is 12.0. The number of carboxylic acid groups (broad SMARTS) is 1. The van der Waals surface area contributed by atoms with E-state index >= 15 is 0 Å². The van der Waals surface area contributed by atoms with Gasteiger partial charge in [-0.1, -0.05) is 20.3 Å². The van der Waals surface area contributed by atoms with Crippen LogP contribution in [0.5, 0.6) is 0 Å². The molecule has 1 aromatic heterocycles. The highest BCUT2D eigenvalue weighted by molar-refractivity contribution is 7.91. The van der Waals surface area contributed by atoms with Crippen molar-refractivity contribution >= 4 is 27.3 Å². The van der Waals surface area contributed by atoms with Gasteiger partial charge in [0.1, 0.15) is 4.21 Å². The molecule has 0 radical (unpaired) electrons. The lowest BCUT2D eigenvalue weighted by atomic mass is 10.1. The fourth-order valence-corrected chi connectivity index (χ4v) is 4.06. The van der Waals surface area contributed by atoms with Crippen molar-refractivity contribution in [1.82, 2.24) is 4.72 Å². The number of nitrogens with one attached hydrogen (secondary N) is 1. The number of carboxylic acids is 1. The average molecular weight is 305 g/mol. The fourth-order valence-electron chi connectivity index (χ4n) is 1.64. The van der Waals surface area contributed by atoms with Crippen LogP contribution in [-0.2, 0) is 21.2 Å². The molecule has 2 N–H and O–H groups in total. The van der Waals surface area contributed by atoms with Crippen LogP contribution in [0.15, 0.2) is 16.3 Å². The Bertz CT molecular complexity index is 522. The van der Waals surface area contributed by atoms with Gasteiger partial charge in [-0.2, -0.15) is 0 Å². The van der Waals surface area contributed by atoms with E-state index in [9.17, 15) is 13.2 Å². The van der Waals surface area contributed by atoms with Crippen LogP contribution >= 0.6 is 11.3 Å². The van der Waals surface area contributed by atoms with Crippen LogP contribution in [0.1, 0.15) is 31.6 Å². The number of aliphatic carboxylic acids is 1. The number of thiophene rings is 1. The predicted molar refractivity (Wildman–Crippen MR) is 74.9 cm³/mol. The maximum absolute atomic E-state index is 12.0. The Morgan fingerprint density at radius 2 is 2.11 bits per heavy atom. The van der Waals surface area contributed by atoms with Crippen molar-refractivity contribution in [2.45, 2.75) is 37.3 Å². The van der Waals surface area contributed by atoms with Crippen molar-refractivity contribution in [3.8, 4) is 0 Å². The Balaban J connectivity index is 2.71. The summed E-state index contributed by atoms with van der Waals surface area (Å²) in [6, 6.07) is 3.33. The highest BCUT2D eigenvalue weighted by Gasteiger charge is 2.22. The second kappa shape index (κ2) is 7.02. The first-order valence-corrected chi connectivity index (χ1v) is 8.51. The third-order valence-corrected chi connectivity index (χ3v) is 5.90. The van der Waals surface area contributed by atoms with E-state index in [1.54, 1.807) is 12.1 Å². The molecule has 0 aromatic carbocycles. The second-order valence-corrected chi connectivity index (χ2v) is 7.41. The van der Waals surface area contributed by atoms with E-state index in [1.807, 2.05) is 13.8 Å². The smallest absolute Gasteiger partial charge is 0.307 e. The largest absolute Gasteiger partial charge is 0.481 e. The van der Waals surface area contributed by atoms with Crippen molar-refractivity contribution in [1.29, 1.82) is 0 Å². The molecule has 0 aliphatic heterocycles. The number of hydrogen-bond acceptors (Lipinski definition) is 4. The summed E-state index contributed by atoms with van der Waals surface area (Å²) in [6.07, 6.45) is 1.95. The van der Waals surface area contributed by atoms with Crippen LogP contribution < -0.4 is 4.72 Å². The molecule has 1 rings (SSSR count). The topological polar surface area (TPSA) is 83.5 Å². The van der Waals surface area contributed by atoms with Gasteiger partial charge in [0.15, 0.2) is 0 Å². The summed E-state index contributed by atoms with van der Waals surface area (Å²) in [5.41, 5.74) is 0. The summed E-state index contributed by atoms with van der Waals surface area (Å²) in [5, 5.41) is 8.98. The molecule has 0 saturated heterocycles. The van der Waals surface area contributed by atoms with Crippen molar-refractivity contribution in [2.24, 2.45) is 5.92 Å². The van der Waals surface area contributed by atoms with E-state index in [0.717, 1.165) is 11.3 Å². The molecule has 0 amide bonds. The molecule has 0 bridgehead atoms. The number of carbonyl (C=O) groups is 1. The number of rotatable bonds is 8. The molecule has 5 nitrogen and oxygen atoms in total. The van der Waals surface area contributed by atoms with Crippen molar-refractivity contribution in [2.75, 3.05) is 6.54 Å². The Kier molecular flexibility index (Phi) is 5.96. The van der Waals surface area contributed by atoms with Crippen molar-refractivity contribution in [3.63, 3.8) is 0 Å². The highest BCUT2D eigenvalue weighted by Crippen LogP contribution is 2.22. The zero-order valence-corrected chi connectivity index (χ0v) is 12.7. The number of hydrogen-bond donors (Lipinski definition) is 2. The first kappa shape index (κ1) is 16.1. The molecular weight excluding hydrogens is 286 g/mol. The molecule has 1 aromatic rings. The molecule has 0 saturated carbocycles. The molecule has 108 valence electrons. The SMILES string of the molecule is CCCC(CNS(=O)(=O)c1ccc(CC)s1)C(=O)O. The molecule has 1 heterocycles. The van der Waals surface area contributed by atoms with E-state index < -0.39 is 21.9 Å². The van der Waals surface area contributed by atoms with Crippen LogP contribution in [0.4, 0.5) is 0 Å². The van der Waals surface area contributed by atoms with Crippen molar-refractivity contribution in [3.05, 3.63) is 17.0 Å². The van der Waals surface area contributed by atoms with Gasteiger partial charge in [-0.3, -0.25) is 4.79 Å². The predicted octanol–water partition coefficient (Wildman–Crippen LogP) is 2.09. The monoisotopic (exact) mass is 305 g/mol. The van der Waals surface area contributed by atoms with Gasteiger partial charge in [0.2, 0.25) is 10.0 Å². The summed E-state index contributed by atoms with van der Waals surface area (Å²) in [6.45, 7) is 3.76. The summed E-state index contributed by atoms with van der Waals surface area (Å²) in [4.78, 5) is 12.0. The van der Waals surface area contributed by atoms with Gasteiger partial charge < -0.3 is 5.11 Å². The molecule has 1 atom stereocenters. The standard InChI is InChI=1S/C12H19NO4S2/c1-3-5-9(12(14)15)8-13-19(16,17)11-7-6-10(4-2)18-11/h6-7,9,13H,3-5,8H2,1-2H3,(H,14,15).